The minimum Gasteiger partial charge on any atom is -0.326 e. The number of hydrogen-bond acceptors (Lipinski definition) is 3. The molecule has 0 radical (unpaired) electrons. The number of halogens is 1. The Morgan fingerprint density at radius 2 is 1.86 bits per heavy atom. The van der Waals surface area contributed by atoms with E-state index in [9.17, 15) is 13.2 Å². The van der Waals surface area contributed by atoms with Gasteiger partial charge in [0.2, 0.25) is 5.91 Å². The second-order valence-electron chi connectivity index (χ2n) is 4.96. The van der Waals surface area contributed by atoms with Gasteiger partial charge in [-0.3, -0.25) is 9.52 Å². The van der Waals surface area contributed by atoms with Crippen LogP contribution in [-0.2, 0) is 21.2 Å². The quantitative estimate of drug-likeness (QED) is 0.904. The van der Waals surface area contributed by atoms with Gasteiger partial charge in [-0.15, -0.1) is 0 Å². The molecule has 5 nitrogen and oxygen atoms in total. The van der Waals surface area contributed by atoms with Gasteiger partial charge in [0.25, 0.3) is 10.0 Å². The van der Waals surface area contributed by atoms with E-state index in [1.54, 1.807) is 30.3 Å². The van der Waals surface area contributed by atoms with Crippen LogP contribution in [0.15, 0.2) is 47.4 Å². The van der Waals surface area contributed by atoms with Gasteiger partial charge in [-0.2, -0.15) is 0 Å². The van der Waals surface area contributed by atoms with Crippen molar-refractivity contribution in [2.45, 2.75) is 17.7 Å². The molecule has 2 aromatic rings. The second kappa shape index (κ2) is 5.62. The Morgan fingerprint density at radius 1 is 1.09 bits per heavy atom. The number of benzene rings is 2. The van der Waals surface area contributed by atoms with Crippen LogP contribution in [0.2, 0.25) is 5.02 Å². The number of anilines is 2. The van der Waals surface area contributed by atoms with Gasteiger partial charge in [0, 0.05) is 17.8 Å². The van der Waals surface area contributed by atoms with Gasteiger partial charge in [-0.05, 0) is 42.3 Å². The van der Waals surface area contributed by atoms with Crippen LogP contribution in [0.5, 0.6) is 0 Å². The predicted octanol–water partition coefficient (Wildman–Crippen LogP) is 3.03. The zero-order chi connectivity index (χ0) is 15.7. The zero-order valence-electron chi connectivity index (χ0n) is 11.5. The molecule has 0 bridgehead atoms. The van der Waals surface area contributed by atoms with E-state index in [0.717, 1.165) is 11.3 Å². The Balaban J connectivity index is 1.90. The molecule has 0 unspecified atom stereocenters. The van der Waals surface area contributed by atoms with Gasteiger partial charge >= 0.3 is 0 Å². The van der Waals surface area contributed by atoms with Crippen molar-refractivity contribution in [2.24, 2.45) is 0 Å². The standard InChI is InChI=1S/C15H13ClN2O3S/c16-12-3-1-2-4-14(12)22(20,21)18-11-6-7-13-10(9-11)5-8-15(19)17-13/h1-4,6-7,9,18H,5,8H2,(H,17,19). The molecule has 0 saturated carbocycles. The average molecular weight is 337 g/mol. The Bertz CT molecular complexity index is 850. The molecule has 0 fully saturated rings. The Kier molecular flexibility index (Phi) is 3.80. The lowest BCUT2D eigenvalue weighted by atomic mass is 10.0. The summed E-state index contributed by atoms with van der Waals surface area (Å²) in [6.45, 7) is 0. The first kappa shape index (κ1) is 14.9. The van der Waals surface area contributed by atoms with Gasteiger partial charge in [0.05, 0.1) is 5.02 Å². The van der Waals surface area contributed by atoms with E-state index in [4.69, 9.17) is 11.6 Å². The van der Waals surface area contributed by atoms with Crippen LogP contribution in [0.3, 0.4) is 0 Å². The molecule has 0 atom stereocenters. The van der Waals surface area contributed by atoms with Crippen molar-refractivity contribution in [3.05, 3.63) is 53.1 Å². The van der Waals surface area contributed by atoms with Crippen molar-refractivity contribution < 1.29 is 13.2 Å². The highest BCUT2D eigenvalue weighted by atomic mass is 35.5. The molecule has 3 rings (SSSR count). The minimum atomic E-state index is -3.75. The van der Waals surface area contributed by atoms with Gasteiger partial charge < -0.3 is 5.32 Å². The summed E-state index contributed by atoms with van der Waals surface area (Å²) in [7, 11) is -3.75. The van der Waals surface area contributed by atoms with E-state index >= 15 is 0 Å². The summed E-state index contributed by atoms with van der Waals surface area (Å²) >= 11 is 5.94. The normalized spacial score (nSPS) is 14.1. The predicted molar refractivity (Wildman–Crippen MR) is 85.7 cm³/mol. The fourth-order valence-electron chi connectivity index (χ4n) is 2.32. The lowest BCUT2D eigenvalue weighted by Crippen LogP contribution is -2.19. The first-order chi connectivity index (χ1) is 10.5. The van der Waals surface area contributed by atoms with Gasteiger partial charge in [0.15, 0.2) is 0 Å². The summed E-state index contributed by atoms with van der Waals surface area (Å²) in [4.78, 5) is 11.4. The average Bonchev–Trinajstić information content (AvgIpc) is 2.47. The number of carbonyl (C=O) groups is 1. The lowest BCUT2D eigenvalue weighted by Gasteiger charge is -2.18. The number of nitrogens with one attached hydrogen (secondary N) is 2. The topological polar surface area (TPSA) is 75.3 Å². The van der Waals surface area contributed by atoms with E-state index in [0.29, 0.717) is 18.5 Å². The van der Waals surface area contributed by atoms with Crippen molar-refractivity contribution >= 4 is 38.9 Å². The third-order valence-electron chi connectivity index (χ3n) is 3.38. The summed E-state index contributed by atoms with van der Waals surface area (Å²) in [5.74, 6) is -0.0306. The molecule has 7 heteroatoms. The minimum absolute atomic E-state index is 0.0303. The van der Waals surface area contributed by atoms with Crippen LogP contribution in [0, 0.1) is 0 Å². The van der Waals surface area contributed by atoms with Crippen LogP contribution >= 0.6 is 11.6 Å². The molecule has 0 aromatic heterocycles. The van der Waals surface area contributed by atoms with E-state index in [1.165, 1.54) is 12.1 Å². The fourth-order valence-corrected chi connectivity index (χ4v) is 3.89. The molecule has 1 heterocycles. The SMILES string of the molecule is O=C1CCc2cc(NS(=O)(=O)c3ccccc3Cl)ccc2N1. The smallest absolute Gasteiger partial charge is 0.263 e. The Hall–Kier alpha value is -2.05. The largest absolute Gasteiger partial charge is 0.326 e. The molecule has 1 amide bonds. The Morgan fingerprint density at radius 3 is 2.64 bits per heavy atom. The summed E-state index contributed by atoms with van der Waals surface area (Å²) in [6.07, 6.45) is 0.983. The molecule has 2 N–H and O–H groups in total. The van der Waals surface area contributed by atoms with E-state index in [-0.39, 0.29) is 15.8 Å². The zero-order valence-corrected chi connectivity index (χ0v) is 13.0. The highest BCUT2D eigenvalue weighted by Gasteiger charge is 2.19. The highest BCUT2D eigenvalue weighted by Crippen LogP contribution is 2.28. The number of sulfonamides is 1. The molecular formula is C15H13ClN2O3S. The summed E-state index contributed by atoms with van der Waals surface area (Å²) in [6, 6.07) is 11.3. The third kappa shape index (κ3) is 2.93. The lowest BCUT2D eigenvalue weighted by molar-refractivity contribution is -0.116. The van der Waals surface area contributed by atoms with E-state index < -0.39 is 10.0 Å². The first-order valence-corrected chi connectivity index (χ1v) is 8.52. The molecule has 2 aromatic carbocycles. The molecule has 0 saturated heterocycles. The van der Waals surface area contributed by atoms with Crippen molar-refractivity contribution in [3.8, 4) is 0 Å². The first-order valence-electron chi connectivity index (χ1n) is 6.66. The molecule has 0 aliphatic carbocycles. The maximum absolute atomic E-state index is 12.4. The monoisotopic (exact) mass is 336 g/mol. The summed E-state index contributed by atoms with van der Waals surface area (Å²) in [5.41, 5.74) is 2.06. The number of hydrogen-bond donors (Lipinski definition) is 2. The number of rotatable bonds is 3. The van der Waals surface area contributed by atoms with Crippen molar-refractivity contribution in [1.82, 2.24) is 0 Å². The van der Waals surface area contributed by atoms with Gasteiger partial charge in [-0.25, -0.2) is 8.42 Å². The van der Waals surface area contributed by atoms with E-state index in [2.05, 4.69) is 10.0 Å². The summed E-state index contributed by atoms with van der Waals surface area (Å²) in [5, 5.41) is 2.92. The van der Waals surface area contributed by atoms with Crippen LogP contribution in [0.25, 0.3) is 0 Å². The molecule has 1 aliphatic heterocycles. The summed E-state index contributed by atoms with van der Waals surface area (Å²) < 4.78 is 27.3. The van der Waals surface area contributed by atoms with Crippen LogP contribution < -0.4 is 10.0 Å². The van der Waals surface area contributed by atoms with Crippen LogP contribution in [-0.4, -0.2) is 14.3 Å². The second-order valence-corrected chi connectivity index (χ2v) is 7.01. The van der Waals surface area contributed by atoms with Crippen molar-refractivity contribution in [3.63, 3.8) is 0 Å². The van der Waals surface area contributed by atoms with Crippen molar-refractivity contribution in [1.29, 1.82) is 0 Å². The number of fused-ring (bicyclic) bond motifs is 1. The highest BCUT2D eigenvalue weighted by molar-refractivity contribution is 7.92. The fraction of sp³-hybridized carbons (Fsp3) is 0.133. The number of amides is 1. The molecule has 114 valence electrons. The number of aryl methyl sites for hydroxylation is 1. The Labute approximate surface area is 133 Å². The van der Waals surface area contributed by atoms with Gasteiger partial charge in [0.1, 0.15) is 4.90 Å². The number of carbonyl (C=O) groups excluding carboxylic acids is 1. The molecule has 0 spiro atoms. The molecule has 22 heavy (non-hydrogen) atoms. The maximum atomic E-state index is 12.4. The van der Waals surface area contributed by atoms with Gasteiger partial charge in [-0.1, -0.05) is 23.7 Å². The molecule has 1 aliphatic rings. The maximum Gasteiger partial charge on any atom is 0.263 e. The van der Waals surface area contributed by atoms with Crippen molar-refractivity contribution in [2.75, 3.05) is 10.0 Å². The van der Waals surface area contributed by atoms with Crippen LogP contribution in [0.4, 0.5) is 11.4 Å². The molecular weight excluding hydrogens is 324 g/mol. The third-order valence-corrected chi connectivity index (χ3v) is 5.26. The van der Waals surface area contributed by atoms with E-state index in [1.807, 2.05) is 0 Å². The van der Waals surface area contributed by atoms with Crippen LogP contribution in [0.1, 0.15) is 12.0 Å².